The van der Waals surface area contributed by atoms with Crippen molar-refractivity contribution in [1.29, 1.82) is 0 Å². The maximum Gasteiger partial charge on any atom is 0.146 e. The summed E-state index contributed by atoms with van der Waals surface area (Å²) in [4.78, 5) is 0. The molecule has 2 rings (SSSR count). The molecule has 94 valence electrons. The molecule has 1 atom stereocenters. The second kappa shape index (κ2) is 5.04. The number of hydrogen-bond acceptors (Lipinski definition) is 2. The molecule has 2 aromatic rings. The van der Waals surface area contributed by atoms with Crippen LogP contribution >= 0.6 is 0 Å². The van der Waals surface area contributed by atoms with Crippen LogP contribution in [0.3, 0.4) is 0 Å². The van der Waals surface area contributed by atoms with Gasteiger partial charge in [0, 0.05) is 5.56 Å². The molecule has 0 saturated carbocycles. The van der Waals surface area contributed by atoms with Gasteiger partial charge in [-0.1, -0.05) is 12.1 Å². The summed E-state index contributed by atoms with van der Waals surface area (Å²) in [5.74, 6) is -0.849. The van der Waals surface area contributed by atoms with E-state index in [1.807, 2.05) is 0 Å². The molecule has 0 aromatic heterocycles. The van der Waals surface area contributed by atoms with Gasteiger partial charge in [-0.3, -0.25) is 0 Å². The Bertz CT molecular complexity index is 557. The van der Waals surface area contributed by atoms with E-state index < -0.39 is 11.9 Å². The standard InChI is InChI=1S/C14H13F2NO/c1-9(11-8-10(15)6-7-14(11)18)17-13-5-3-2-4-12(13)16/h2-9,17-18H,1H3. The summed E-state index contributed by atoms with van der Waals surface area (Å²) in [5, 5.41) is 12.5. The fourth-order valence-electron chi connectivity index (χ4n) is 1.76. The average molecular weight is 249 g/mol. The first-order valence-electron chi connectivity index (χ1n) is 5.57. The van der Waals surface area contributed by atoms with Gasteiger partial charge in [0.15, 0.2) is 0 Å². The number of aromatic hydroxyl groups is 1. The van der Waals surface area contributed by atoms with Crippen molar-refractivity contribution in [3.63, 3.8) is 0 Å². The van der Waals surface area contributed by atoms with Crippen molar-refractivity contribution in [2.75, 3.05) is 5.32 Å². The molecule has 4 heteroatoms. The zero-order valence-corrected chi connectivity index (χ0v) is 9.82. The van der Waals surface area contributed by atoms with Gasteiger partial charge in [-0.15, -0.1) is 0 Å². The van der Waals surface area contributed by atoms with Gasteiger partial charge >= 0.3 is 0 Å². The van der Waals surface area contributed by atoms with E-state index in [2.05, 4.69) is 5.32 Å². The lowest BCUT2D eigenvalue weighted by molar-refractivity contribution is 0.462. The number of para-hydroxylation sites is 1. The molecule has 0 radical (unpaired) electrons. The number of halogens is 2. The lowest BCUT2D eigenvalue weighted by Crippen LogP contribution is -2.08. The maximum atomic E-state index is 13.4. The van der Waals surface area contributed by atoms with Crippen molar-refractivity contribution in [2.24, 2.45) is 0 Å². The zero-order valence-electron chi connectivity index (χ0n) is 9.82. The minimum Gasteiger partial charge on any atom is -0.508 e. The molecule has 0 fully saturated rings. The number of anilines is 1. The second-order valence-electron chi connectivity index (χ2n) is 4.05. The first-order chi connectivity index (χ1) is 8.58. The normalized spacial score (nSPS) is 12.2. The van der Waals surface area contributed by atoms with E-state index >= 15 is 0 Å². The van der Waals surface area contributed by atoms with Crippen molar-refractivity contribution < 1.29 is 13.9 Å². The molecule has 0 aliphatic carbocycles. The van der Waals surface area contributed by atoms with Crippen LogP contribution in [0.5, 0.6) is 5.75 Å². The van der Waals surface area contributed by atoms with E-state index in [-0.39, 0.29) is 11.6 Å². The van der Waals surface area contributed by atoms with Gasteiger partial charge in [0.05, 0.1) is 11.7 Å². The van der Waals surface area contributed by atoms with E-state index in [1.54, 1.807) is 25.1 Å². The molecule has 2 aromatic carbocycles. The third-order valence-electron chi connectivity index (χ3n) is 2.70. The molecular formula is C14H13F2NO. The average Bonchev–Trinajstić information content (AvgIpc) is 2.35. The molecule has 18 heavy (non-hydrogen) atoms. The highest BCUT2D eigenvalue weighted by atomic mass is 19.1. The van der Waals surface area contributed by atoms with Gasteiger partial charge in [-0.25, -0.2) is 8.78 Å². The quantitative estimate of drug-likeness (QED) is 0.866. The van der Waals surface area contributed by atoms with E-state index in [0.29, 0.717) is 11.3 Å². The first kappa shape index (κ1) is 12.4. The minimum atomic E-state index is -0.440. The van der Waals surface area contributed by atoms with Crippen LogP contribution in [0.2, 0.25) is 0 Å². The van der Waals surface area contributed by atoms with Crippen molar-refractivity contribution in [3.05, 3.63) is 59.7 Å². The molecule has 0 heterocycles. The van der Waals surface area contributed by atoms with Gasteiger partial charge in [-0.2, -0.15) is 0 Å². The van der Waals surface area contributed by atoms with Crippen LogP contribution in [0, 0.1) is 11.6 Å². The molecule has 0 saturated heterocycles. The van der Waals surface area contributed by atoms with Crippen molar-refractivity contribution in [3.8, 4) is 5.75 Å². The molecule has 0 amide bonds. The van der Waals surface area contributed by atoms with Gasteiger partial charge in [0.2, 0.25) is 0 Å². The van der Waals surface area contributed by atoms with E-state index in [1.165, 1.54) is 24.3 Å². The third-order valence-corrected chi connectivity index (χ3v) is 2.70. The number of nitrogens with one attached hydrogen (secondary N) is 1. The molecule has 0 aliphatic rings. The van der Waals surface area contributed by atoms with Crippen LogP contribution in [0.25, 0.3) is 0 Å². The highest BCUT2D eigenvalue weighted by Crippen LogP contribution is 2.28. The highest BCUT2D eigenvalue weighted by Gasteiger charge is 2.12. The summed E-state index contributed by atoms with van der Waals surface area (Å²) in [6, 6.07) is 9.49. The van der Waals surface area contributed by atoms with E-state index in [4.69, 9.17) is 0 Å². The smallest absolute Gasteiger partial charge is 0.146 e. The summed E-state index contributed by atoms with van der Waals surface area (Å²) >= 11 is 0. The Morgan fingerprint density at radius 2 is 1.83 bits per heavy atom. The molecule has 2 N–H and O–H groups in total. The Balaban J connectivity index is 2.25. The number of hydrogen-bond donors (Lipinski definition) is 2. The number of rotatable bonds is 3. The number of phenolic OH excluding ortho intramolecular Hbond substituents is 1. The SMILES string of the molecule is CC(Nc1ccccc1F)c1cc(F)ccc1O. The predicted molar refractivity (Wildman–Crippen MR) is 66.5 cm³/mol. The monoisotopic (exact) mass is 249 g/mol. The molecular weight excluding hydrogens is 236 g/mol. The molecule has 0 spiro atoms. The van der Waals surface area contributed by atoms with Crippen LogP contribution < -0.4 is 5.32 Å². The lowest BCUT2D eigenvalue weighted by Gasteiger charge is -2.17. The summed E-state index contributed by atoms with van der Waals surface area (Å²) in [5.41, 5.74) is 0.701. The minimum absolute atomic E-state index is 0.0206. The predicted octanol–water partition coefficient (Wildman–Crippen LogP) is 3.84. The van der Waals surface area contributed by atoms with Gasteiger partial charge in [0.1, 0.15) is 17.4 Å². The van der Waals surface area contributed by atoms with Crippen LogP contribution in [-0.2, 0) is 0 Å². The third kappa shape index (κ3) is 2.59. The topological polar surface area (TPSA) is 32.3 Å². The Labute approximate surface area is 104 Å². The van der Waals surface area contributed by atoms with Crippen LogP contribution in [0.15, 0.2) is 42.5 Å². The van der Waals surface area contributed by atoms with Gasteiger partial charge in [-0.05, 0) is 37.3 Å². The summed E-state index contributed by atoms with van der Waals surface area (Å²) in [6.07, 6.45) is 0. The highest BCUT2D eigenvalue weighted by molar-refractivity contribution is 5.48. The van der Waals surface area contributed by atoms with Crippen molar-refractivity contribution in [2.45, 2.75) is 13.0 Å². The van der Waals surface area contributed by atoms with E-state index in [0.717, 1.165) is 0 Å². The fraction of sp³-hybridized carbons (Fsp3) is 0.143. The molecule has 2 nitrogen and oxygen atoms in total. The summed E-state index contributed by atoms with van der Waals surface area (Å²) < 4.78 is 26.6. The molecule has 0 bridgehead atoms. The molecule has 0 aliphatic heterocycles. The van der Waals surface area contributed by atoms with Crippen molar-refractivity contribution in [1.82, 2.24) is 0 Å². The van der Waals surface area contributed by atoms with Crippen LogP contribution in [0.4, 0.5) is 14.5 Å². The Hall–Kier alpha value is -2.10. The van der Waals surface area contributed by atoms with E-state index in [9.17, 15) is 13.9 Å². The second-order valence-corrected chi connectivity index (χ2v) is 4.05. The number of phenols is 1. The van der Waals surface area contributed by atoms with Crippen molar-refractivity contribution >= 4 is 5.69 Å². The van der Waals surface area contributed by atoms with Gasteiger partial charge in [0.25, 0.3) is 0 Å². The first-order valence-corrected chi connectivity index (χ1v) is 5.57. The van der Waals surface area contributed by atoms with Crippen LogP contribution in [-0.4, -0.2) is 5.11 Å². The maximum absolute atomic E-state index is 13.4. The zero-order chi connectivity index (χ0) is 13.1. The largest absolute Gasteiger partial charge is 0.508 e. The Morgan fingerprint density at radius 1 is 1.11 bits per heavy atom. The number of benzene rings is 2. The van der Waals surface area contributed by atoms with Gasteiger partial charge < -0.3 is 10.4 Å². The summed E-state index contributed by atoms with van der Waals surface area (Å²) in [6.45, 7) is 1.72. The fourth-order valence-corrected chi connectivity index (χ4v) is 1.76. The Morgan fingerprint density at radius 3 is 2.56 bits per heavy atom. The van der Waals surface area contributed by atoms with Crippen LogP contribution in [0.1, 0.15) is 18.5 Å². The lowest BCUT2D eigenvalue weighted by atomic mass is 10.1. The Kier molecular flexibility index (Phi) is 3.46. The molecule has 1 unspecified atom stereocenters. The summed E-state index contributed by atoms with van der Waals surface area (Å²) in [7, 11) is 0.